The smallest absolute Gasteiger partial charge is 0.262 e. The van der Waals surface area contributed by atoms with E-state index < -0.39 is 17.7 Å². The van der Waals surface area contributed by atoms with Crippen LogP contribution in [-0.2, 0) is 17.0 Å². The van der Waals surface area contributed by atoms with Gasteiger partial charge >= 0.3 is 0 Å². The fraction of sp³-hybridized carbons (Fsp3) is 0.294. The number of nitrogens with zero attached hydrogens (tertiary/aromatic N) is 1. The fourth-order valence-electron chi connectivity index (χ4n) is 2.86. The summed E-state index contributed by atoms with van der Waals surface area (Å²) < 4.78 is 15.4. The number of amides is 1. The lowest BCUT2D eigenvalue weighted by Gasteiger charge is -2.32. The number of carbonyl (C=O) groups is 1. The molecule has 7 heteroatoms. The van der Waals surface area contributed by atoms with Crippen LogP contribution in [0.4, 0.5) is 4.39 Å². The zero-order chi connectivity index (χ0) is 17.3. The molecule has 0 spiro atoms. The number of nitrogens with one attached hydrogen (secondary N) is 1. The Kier molecular flexibility index (Phi) is 4.76. The maximum Gasteiger partial charge on any atom is 0.262 e. The van der Waals surface area contributed by atoms with Gasteiger partial charge in [0.2, 0.25) is 5.67 Å². The molecule has 3 rings (SSSR count). The highest BCUT2D eigenvalue weighted by Gasteiger charge is 2.46. The molecule has 0 saturated heterocycles. The highest BCUT2D eigenvalue weighted by molar-refractivity contribution is 6.33. The second-order valence-corrected chi connectivity index (χ2v) is 6.55. The van der Waals surface area contributed by atoms with Gasteiger partial charge in [0.25, 0.3) is 5.91 Å². The number of hydrogen-bond acceptors (Lipinski definition) is 3. The van der Waals surface area contributed by atoms with Crippen molar-refractivity contribution in [3.63, 3.8) is 0 Å². The van der Waals surface area contributed by atoms with Crippen molar-refractivity contribution in [2.24, 2.45) is 0 Å². The molecule has 1 heterocycles. The molecule has 126 valence electrons. The number of aromatic nitrogens is 1. The first-order valence-corrected chi connectivity index (χ1v) is 8.22. The lowest BCUT2D eigenvalue weighted by atomic mass is 9.81. The lowest BCUT2D eigenvalue weighted by molar-refractivity contribution is -0.135. The first-order chi connectivity index (χ1) is 11.4. The normalized spacial score (nSPS) is 22.8. The molecule has 1 aliphatic carbocycles. The van der Waals surface area contributed by atoms with Gasteiger partial charge in [-0.05, 0) is 42.7 Å². The summed E-state index contributed by atoms with van der Waals surface area (Å²) in [5.41, 5.74) is -1.31. The van der Waals surface area contributed by atoms with Gasteiger partial charge in [-0.15, -0.1) is 0 Å². The Labute approximate surface area is 148 Å². The van der Waals surface area contributed by atoms with E-state index in [9.17, 15) is 9.90 Å². The van der Waals surface area contributed by atoms with Crippen LogP contribution in [-0.4, -0.2) is 16.0 Å². The van der Waals surface area contributed by atoms with Crippen LogP contribution in [0.15, 0.2) is 36.5 Å². The second kappa shape index (κ2) is 6.67. The molecule has 2 N–H and O–H groups in total. The van der Waals surface area contributed by atoms with Crippen molar-refractivity contribution < 1.29 is 14.3 Å². The van der Waals surface area contributed by atoms with Crippen molar-refractivity contribution in [3.05, 3.63) is 63.4 Å². The van der Waals surface area contributed by atoms with Gasteiger partial charge in [-0.1, -0.05) is 29.3 Å². The molecular formula is C17H15Cl2FN2O2. The third-order valence-corrected chi connectivity index (χ3v) is 4.75. The molecule has 24 heavy (non-hydrogen) atoms. The van der Waals surface area contributed by atoms with Crippen LogP contribution in [0, 0.1) is 0 Å². The van der Waals surface area contributed by atoms with Crippen LogP contribution in [0.5, 0.6) is 0 Å². The fourth-order valence-corrected chi connectivity index (χ4v) is 3.23. The summed E-state index contributed by atoms with van der Waals surface area (Å²) >= 11 is 12.0. The molecule has 1 aromatic heterocycles. The van der Waals surface area contributed by atoms with E-state index >= 15 is 4.39 Å². The van der Waals surface area contributed by atoms with E-state index in [0.29, 0.717) is 15.6 Å². The average molecular weight is 369 g/mol. The highest BCUT2D eigenvalue weighted by Crippen LogP contribution is 2.42. The van der Waals surface area contributed by atoms with Crippen LogP contribution < -0.4 is 5.32 Å². The van der Waals surface area contributed by atoms with Crippen molar-refractivity contribution in [1.82, 2.24) is 10.3 Å². The Bertz CT molecular complexity index is 787. The summed E-state index contributed by atoms with van der Waals surface area (Å²) in [7, 11) is 0. The van der Waals surface area contributed by atoms with Crippen LogP contribution >= 0.6 is 23.2 Å². The van der Waals surface area contributed by atoms with Gasteiger partial charge in [0.1, 0.15) is 0 Å². The van der Waals surface area contributed by atoms with Crippen molar-refractivity contribution in [2.45, 2.75) is 31.2 Å². The zero-order valence-electron chi connectivity index (χ0n) is 12.6. The Morgan fingerprint density at radius 3 is 3.00 bits per heavy atom. The number of aliphatic hydroxyl groups is 1. The summed E-state index contributed by atoms with van der Waals surface area (Å²) in [5.74, 6) is -0.778. The van der Waals surface area contributed by atoms with Crippen LogP contribution in [0.25, 0.3) is 0 Å². The number of hydrogen-bond donors (Lipinski definition) is 2. The number of pyridine rings is 1. The predicted molar refractivity (Wildman–Crippen MR) is 89.5 cm³/mol. The molecule has 0 aliphatic heterocycles. The second-order valence-electron chi connectivity index (χ2n) is 5.71. The monoisotopic (exact) mass is 368 g/mol. The topological polar surface area (TPSA) is 62.2 Å². The van der Waals surface area contributed by atoms with Crippen LogP contribution in [0.1, 0.15) is 35.8 Å². The van der Waals surface area contributed by atoms with Gasteiger partial charge in [-0.3, -0.25) is 9.78 Å². The summed E-state index contributed by atoms with van der Waals surface area (Å²) in [4.78, 5) is 16.5. The van der Waals surface area contributed by atoms with E-state index in [4.69, 9.17) is 23.2 Å². The van der Waals surface area contributed by atoms with E-state index in [0.717, 1.165) is 0 Å². The summed E-state index contributed by atoms with van der Waals surface area (Å²) in [5, 5.41) is 13.4. The molecule has 2 aromatic rings. The van der Waals surface area contributed by atoms with Gasteiger partial charge in [0, 0.05) is 28.4 Å². The first-order valence-electron chi connectivity index (χ1n) is 7.46. The lowest BCUT2D eigenvalue weighted by Crippen LogP contribution is -2.44. The minimum Gasteiger partial charge on any atom is -0.387 e. The van der Waals surface area contributed by atoms with Crippen LogP contribution in [0.2, 0.25) is 10.0 Å². The minimum atomic E-state index is -2.23. The van der Waals surface area contributed by atoms with Gasteiger partial charge in [-0.25, -0.2) is 4.39 Å². The maximum atomic E-state index is 15.4. The SMILES string of the molecule is O=C(NCc1cc(Cl)ccc1Cl)[C@]1(F)CC[C@H](O)c2ncccc21. The third-order valence-electron chi connectivity index (χ3n) is 4.15. The summed E-state index contributed by atoms with van der Waals surface area (Å²) in [6.45, 7) is 0.0576. The van der Waals surface area contributed by atoms with Crippen molar-refractivity contribution in [3.8, 4) is 0 Å². The number of rotatable bonds is 3. The Morgan fingerprint density at radius 2 is 2.21 bits per heavy atom. The van der Waals surface area contributed by atoms with Crippen molar-refractivity contribution >= 4 is 29.1 Å². The Hall–Kier alpha value is -1.69. The molecule has 0 saturated carbocycles. The van der Waals surface area contributed by atoms with E-state index in [1.165, 1.54) is 12.3 Å². The molecule has 1 aliphatic rings. The quantitative estimate of drug-likeness (QED) is 0.868. The van der Waals surface area contributed by atoms with Crippen LogP contribution in [0.3, 0.4) is 0 Å². The third kappa shape index (κ3) is 3.11. The zero-order valence-corrected chi connectivity index (χ0v) is 14.1. The molecule has 1 aromatic carbocycles. The molecular weight excluding hydrogens is 354 g/mol. The average Bonchev–Trinajstić information content (AvgIpc) is 2.59. The molecule has 1 amide bonds. The van der Waals surface area contributed by atoms with Gasteiger partial charge < -0.3 is 10.4 Å². The standard InChI is InChI=1S/C17H15Cl2FN2O2/c18-11-3-4-13(19)10(8-11)9-22-16(24)17(20)6-5-14(23)15-12(17)2-1-7-21-15/h1-4,7-8,14,23H,5-6,9H2,(H,22,24)/t14-,17-/m0/s1. The number of carbonyl (C=O) groups excluding carboxylic acids is 1. The molecule has 0 unspecified atom stereocenters. The molecule has 4 nitrogen and oxygen atoms in total. The van der Waals surface area contributed by atoms with Gasteiger partial charge in [0.05, 0.1) is 11.8 Å². The summed E-state index contributed by atoms with van der Waals surface area (Å²) in [6, 6.07) is 7.90. The van der Waals surface area contributed by atoms with E-state index in [1.807, 2.05) is 0 Å². The van der Waals surface area contributed by atoms with Crippen molar-refractivity contribution in [2.75, 3.05) is 0 Å². The van der Waals surface area contributed by atoms with E-state index in [1.54, 1.807) is 24.3 Å². The molecule has 0 bridgehead atoms. The number of fused-ring (bicyclic) bond motifs is 1. The molecule has 0 fully saturated rings. The molecule has 2 atom stereocenters. The maximum absolute atomic E-state index is 15.4. The Balaban J connectivity index is 1.82. The molecule has 0 radical (unpaired) electrons. The van der Waals surface area contributed by atoms with E-state index in [-0.39, 0.29) is 30.6 Å². The predicted octanol–water partition coefficient (Wildman–Crippen LogP) is 3.70. The number of aliphatic hydroxyl groups excluding tert-OH is 1. The van der Waals surface area contributed by atoms with Gasteiger partial charge in [-0.2, -0.15) is 0 Å². The first kappa shape index (κ1) is 17.1. The minimum absolute atomic E-state index is 0.0576. The van der Waals surface area contributed by atoms with Gasteiger partial charge in [0.15, 0.2) is 0 Å². The summed E-state index contributed by atoms with van der Waals surface area (Å²) in [6.07, 6.45) is 0.630. The number of halogens is 3. The highest BCUT2D eigenvalue weighted by atomic mass is 35.5. The largest absolute Gasteiger partial charge is 0.387 e. The van der Waals surface area contributed by atoms with E-state index in [2.05, 4.69) is 10.3 Å². The number of alkyl halides is 1. The van der Waals surface area contributed by atoms with Crippen molar-refractivity contribution in [1.29, 1.82) is 0 Å². The Morgan fingerprint density at radius 1 is 1.42 bits per heavy atom. The number of benzene rings is 1.